The molecule has 0 aliphatic carbocycles. The summed E-state index contributed by atoms with van der Waals surface area (Å²) in [5.41, 5.74) is 0. The van der Waals surface area contributed by atoms with Gasteiger partial charge in [-0.05, 0) is 19.1 Å². The van der Waals surface area contributed by atoms with E-state index in [9.17, 15) is 9.59 Å². The van der Waals surface area contributed by atoms with Crippen LogP contribution in [0.3, 0.4) is 0 Å². The van der Waals surface area contributed by atoms with Gasteiger partial charge in [-0.15, -0.1) is 0 Å². The quantitative estimate of drug-likeness (QED) is 0.660. The topological polar surface area (TPSA) is 49.4 Å². The van der Waals surface area contributed by atoms with E-state index < -0.39 is 0 Å². The molecule has 1 N–H and O–H groups in total. The number of carbonyl (C=O) groups excluding carboxylic acids is 2. The molecule has 2 heterocycles. The van der Waals surface area contributed by atoms with Crippen molar-refractivity contribution in [1.29, 1.82) is 0 Å². The standard InChI is InChI=1S/C9H14N2O2S/c1-6-9(13)10-4-8(12)11(6)7-2-3-14-5-7/h6-7H,2-5H2,1H3,(H,10,13). The lowest BCUT2D eigenvalue weighted by Gasteiger charge is -2.36. The fraction of sp³-hybridized carbons (Fsp3) is 0.778. The second-order valence-corrected chi connectivity index (χ2v) is 4.86. The third-order valence-electron chi connectivity index (χ3n) is 2.80. The first kappa shape index (κ1) is 9.83. The zero-order chi connectivity index (χ0) is 10.1. The van der Waals surface area contributed by atoms with E-state index in [-0.39, 0.29) is 30.4 Å². The van der Waals surface area contributed by atoms with Crippen LogP contribution >= 0.6 is 11.8 Å². The molecular weight excluding hydrogens is 200 g/mol. The number of piperazine rings is 1. The molecule has 14 heavy (non-hydrogen) atoms. The van der Waals surface area contributed by atoms with E-state index in [1.807, 2.05) is 11.8 Å². The molecule has 0 aromatic heterocycles. The van der Waals surface area contributed by atoms with Gasteiger partial charge in [0.25, 0.3) is 0 Å². The lowest BCUT2D eigenvalue weighted by molar-refractivity contribution is -0.146. The Morgan fingerprint density at radius 3 is 2.93 bits per heavy atom. The Hall–Kier alpha value is -0.710. The first-order chi connectivity index (χ1) is 6.70. The van der Waals surface area contributed by atoms with Gasteiger partial charge in [0.05, 0.1) is 6.54 Å². The zero-order valence-corrected chi connectivity index (χ0v) is 8.97. The van der Waals surface area contributed by atoms with Gasteiger partial charge in [0, 0.05) is 11.8 Å². The minimum Gasteiger partial charge on any atom is -0.345 e. The highest BCUT2D eigenvalue weighted by Crippen LogP contribution is 2.25. The summed E-state index contributed by atoms with van der Waals surface area (Å²) in [5.74, 6) is 2.11. The molecule has 0 saturated carbocycles. The maximum Gasteiger partial charge on any atom is 0.242 e. The molecule has 0 spiro atoms. The van der Waals surface area contributed by atoms with Gasteiger partial charge in [-0.3, -0.25) is 9.59 Å². The molecule has 2 aliphatic heterocycles. The highest BCUT2D eigenvalue weighted by molar-refractivity contribution is 7.99. The van der Waals surface area contributed by atoms with Crippen molar-refractivity contribution in [3.05, 3.63) is 0 Å². The minimum absolute atomic E-state index is 0.0264. The molecule has 0 radical (unpaired) electrons. The Kier molecular flexibility index (Phi) is 2.67. The average molecular weight is 214 g/mol. The Morgan fingerprint density at radius 2 is 2.29 bits per heavy atom. The van der Waals surface area contributed by atoms with Crippen LogP contribution in [-0.4, -0.2) is 46.8 Å². The molecule has 2 saturated heterocycles. The zero-order valence-electron chi connectivity index (χ0n) is 8.16. The van der Waals surface area contributed by atoms with E-state index >= 15 is 0 Å². The van der Waals surface area contributed by atoms with E-state index in [4.69, 9.17) is 0 Å². The number of thioether (sulfide) groups is 1. The van der Waals surface area contributed by atoms with Crippen LogP contribution in [0.4, 0.5) is 0 Å². The molecule has 2 fully saturated rings. The van der Waals surface area contributed by atoms with Gasteiger partial charge in [0.15, 0.2) is 0 Å². The molecule has 2 aliphatic rings. The van der Waals surface area contributed by atoms with Gasteiger partial charge in [-0.25, -0.2) is 0 Å². The summed E-state index contributed by atoms with van der Waals surface area (Å²) in [6, 6.07) is -0.0199. The van der Waals surface area contributed by atoms with Gasteiger partial charge in [-0.2, -0.15) is 11.8 Å². The van der Waals surface area contributed by atoms with Crippen LogP contribution in [0.15, 0.2) is 0 Å². The molecule has 78 valence electrons. The monoisotopic (exact) mass is 214 g/mol. The van der Waals surface area contributed by atoms with Crippen LogP contribution < -0.4 is 5.32 Å². The van der Waals surface area contributed by atoms with Crippen LogP contribution in [0.5, 0.6) is 0 Å². The van der Waals surface area contributed by atoms with E-state index in [1.54, 1.807) is 11.8 Å². The predicted molar refractivity (Wildman–Crippen MR) is 55.0 cm³/mol. The van der Waals surface area contributed by atoms with Crippen molar-refractivity contribution in [3.63, 3.8) is 0 Å². The molecule has 2 amide bonds. The van der Waals surface area contributed by atoms with Crippen LogP contribution in [0.1, 0.15) is 13.3 Å². The number of rotatable bonds is 1. The predicted octanol–water partition coefficient (Wildman–Crippen LogP) is -0.161. The van der Waals surface area contributed by atoms with Gasteiger partial charge in [0.1, 0.15) is 6.04 Å². The molecule has 2 rings (SSSR count). The molecular formula is C9H14N2O2S. The van der Waals surface area contributed by atoms with Crippen molar-refractivity contribution < 1.29 is 9.59 Å². The van der Waals surface area contributed by atoms with Crippen molar-refractivity contribution in [3.8, 4) is 0 Å². The van der Waals surface area contributed by atoms with Crippen LogP contribution in [0.25, 0.3) is 0 Å². The summed E-state index contributed by atoms with van der Waals surface area (Å²) < 4.78 is 0. The Bertz CT molecular complexity index is 264. The van der Waals surface area contributed by atoms with Crippen molar-refractivity contribution >= 4 is 23.6 Å². The fourth-order valence-corrected chi connectivity index (χ4v) is 3.21. The third kappa shape index (κ3) is 1.61. The number of hydrogen-bond donors (Lipinski definition) is 1. The third-order valence-corrected chi connectivity index (χ3v) is 3.94. The maximum atomic E-state index is 11.6. The highest BCUT2D eigenvalue weighted by atomic mass is 32.2. The summed E-state index contributed by atoms with van der Waals surface area (Å²) in [4.78, 5) is 24.8. The first-order valence-corrected chi connectivity index (χ1v) is 6.02. The molecule has 2 unspecified atom stereocenters. The van der Waals surface area contributed by atoms with Gasteiger partial charge < -0.3 is 10.2 Å². The Labute approximate surface area is 87.4 Å². The van der Waals surface area contributed by atoms with E-state index in [0.29, 0.717) is 0 Å². The van der Waals surface area contributed by atoms with Crippen LogP contribution in [0.2, 0.25) is 0 Å². The minimum atomic E-state index is -0.292. The molecule has 0 aromatic rings. The van der Waals surface area contributed by atoms with Crippen molar-refractivity contribution in [2.45, 2.75) is 25.4 Å². The Morgan fingerprint density at radius 1 is 1.50 bits per heavy atom. The number of nitrogens with zero attached hydrogens (tertiary/aromatic N) is 1. The fourth-order valence-electron chi connectivity index (χ4n) is 2.01. The van der Waals surface area contributed by atoms with Crippen molar-refractivity contribution in [2.24, 2.45) is 0 Å². The highest BCUT2D eigenvalue weighted by Gasteiger charge is 2.36. The normalized spacial score (nSPS) is 33.4. The first-order valence-electron chi connectivity index (χ1n) is 4.87. The molecule has 5 heteroatoms. The SMILES string of the molecule is CC1C(=O)NCC(=O)N1C1CCSC1. The summed E-state index contributed by atoms with van der Waals surface area (Å²) in [7, 11) is 0. The van der Waals surface area contributed by atoms with Crippen molar-refractivity contribution in [2.75, 3.05) is 18.1 Å². The van der Waals surface area contributed by atoms with Gasteiger partial charge in [-0.1, -0.05) is 0 Å². The molecule has 0 aromatic carbocycles. The Balaban J connectivity index is 2.12. The second-order valence-electron chi connectivity index (χ2n) is 3.71. The smallest absolute Gasteiger partial charge is 0.242 e. The summed E-state index contributed by atoms with van der Waals surface area (Å²) in [6.07, 6.45) is 1.02. The molecule has 2 atom stereocenters. The molecule has 4 nitrogen and oxygen atoms in total. The number of hydrogen-bond acceptors (Lipinski definition) is 3. The number of carbonyl (C=O) groups is 2. The number of amides is 2. The summed E-state index contributed by atoms with van der Waals surface area (Å²) in [5, 5.41) is 2.60. The van der Waals surface area contributed by atoms with Crippen LogP contribution in [-0.2, 0) is 9.59 Å². The van der Waals surface area contributed by atoms with E-state index in [2.05, 4.69) is 5.32 Å². The summed E-state index contributed by atoms with van der Waals surface area (Å²) in [6.45, 7) is 1.97. The van der Waals surface area contributed by atoms with Crippen molar-refractivity contribution in [1.82, 2.24) is 10.2 Å². The van der Waals surface area contributed by atoms with Crippen LogP contribution in [0, 0.1) is 0 Å². The lowest BCUT2D eigenvalue weighted by atomic mass is 10.1. The lowest BCUT2D eigenvalue weighted by Crippen LogP contribution is -2.60. The number of nitrogens with one attached hydrogen (secondary N) is 1. The van der Waals surface area contributed by atoms with Gasteiger partial charge >= 0.3 is 0 Å². The largest absolute Gasteiger partial charge is 0.345 e. The second kappa shape index (κ2) is 3.81. The van der Waals surface area contributed by atoms with Gasteiger partial charge in [0.2, 0.25) is 11.8 Å². The van der Waals surface area contributed by atoms with E-state index in [1.165, 1.54) is 0 Å². The maximum absolute atomic E-state index is 11.6. The summed E-state index contributed by atoms with van der Waals surface area (Å²) >= 11 is 1.86. The van der Waals surface area contributed by atoms with E-state index in [0.717, 1.165) is 17.9 Å². The average Bonchev–Trinajstić information content (AvgIpc) is 2.65. The molecule has 0 bridgehead atoms.